The molecular weight excluding hydrogens is 290 g/mol. The standard InChI is InChI=1S/C18H25N3O2/c1-14-11-20(12-17-10-15(2)23-19-17)8-9-21(14)13-18(22)16-6-4-3-5-7-16/h3-7,10,14,18,22H,8-9,11-13H2,1-2H3/t14-,18+/m0/s1. The summed E-state index contributed by atoms with van der Waals surface area (Å²) in [4.78, 5) is 4.76. The number of aryl methyl sites for hydroxylation is 1. The Morgan fingerprint density at radius 2 is 2.09 bits per heavy atom. The summed E-state index contributed by atoms with van der Waals surface area (Å²) in [6.07, 6.45) is -0.427. The molecule has 0 saturated carbocycles. The van der Waals surface area contributed by atoms with Gasteiger partial charge in [-0.05, 0) is 19.4 Å². The smallest absolute Gasteiger partial charge is 0.133 e. The number of rotatable bonds is 5. The van der Waals surface area contributed by atoms with Crippen LogP contribution in [0.5, 0.6) is 0 Å². The summed E-state index contributed by atoms with van der Waals surface area (Å²) in [5.74, 6) is 0.859. The highest BCUT2D eigenvalue weighted by Crippen LogP contribution is 2.18. The van der Waals surface area contributed by atoms with Crippen molar-refractivity contribution >= 4 is 0 Å². The predicted octanol–water partition coefficient (Wildman–Crippen LogP) is 2.22. The maximum atomic E-state index is 10.4. The lowest BCUT2D eigenvalue weighted by Gasteiger charge is -2.40. The van der Waals surface area contributed by atoms with Crippen LogP contribution in [0.1, 0.15) is 30.0 Å². The van der Waals surface area contributed by atoms with E-state index in [9.17, 15) is 5.11 Å². The zero-order valence-electron chi connectivity index (χ0n) is 13.9. The molecule has 2 aromatic rings. The molecule has 2 atom stereocenters. The Kier molecular flexibility index (Phi) is 5.10. The molecule has 3 rings (SSSR count). The minimum Gasteiger partial charge on any atom is -0.387 e. The Morgan fingerprint density at radius 3 is 2.74 bits per heavy atom. The first kappa shape index (κ1) is 16.2. The third kappa shape index (κ3) is 4.19. The fraction of sp³-hybridized carbons (Fsp3) is 0.500. The van der Waals surface area contributed by atoms with E-state index < -0.39 is 6.10 Å². The quantitative estimate of drug-likeness (QED) is 0.917. The van der Waals surface area contributed by atoms with Crippen molar-refractivity contribution in [1.29, 1.82) is 0 Å². The minimum atomic E-state index is -0.427. The van der Waals surface area contributed by atoms with Gasteiger partial charge in [0.1, 0.15) is 5.76 Å². The summed E-state index contributed by atoms with van der Waals surface area (Å²) in [7, 11) is 0. The molecular formula is C18H25N3O2. The van der Waals surface area contributed by atoms with E-state index in [1.54, 1.807) is 0 Å². The van der Waals surface area contributed by atoms with Gasteiger partial charge in [0.05, 0.1) is 11.8 Å². The van der Waals surface area contributed by atoms with Gasteiger partial charge in [-0.3, -0.25) is 9.80 Å². The Labute approximate surface area is 137 Å². The van der Waals surface area contributed by atoms with Crippen LogP contribution in [0.15, 0.2) is 40.9 Å². The molecule has 1 aromatic heterocycles. The second kappa shape index (κ2) is 7.25. The van der Waals surface area contributed by atoms with Crippen LogP contribution in [0.25, 0.3) is 0 Å². The van der Waals surface area contributed by atoms with Crippen molar-refractivity contribution < 1.29 is 9.63 Å². The number of nitrogens with zero attached hydrogens (tertiary/aromatic N) is 3. The third-order valence-electron chi connectivity index (χ3n) is 4.50. The number of hydrogen-bond acceptors (Lipinski definition) is 5. The molecule has 0 bridgehead atoms. The van der Waals surface area contributed by atoms with Crippen molar-refractivity contribution in [3.8, 4) is 0 Å². The second-order valence-electron chi connectivity index (χ2n) is 6.43. The number of β-amino-alcohol motifs (C(OH)–C–C–N with tert-alkyl or cyclic N) is 1. The third-order valence-corrected chi connectivity index (χ3v) is 4.50. The summed E-state index contributed by atoms with van der Waals surface area (Å²) in [5, 5.41) is 14.5. The average molecular weight is 315 g/mol. The summed E-state index contributed by atoms with van der Waals surface area (Å²) in [6, 6.07) is 12.3. The Morgan fingerprint density at radius 1 is 1.30 bits per heavy atom. The molecule has 23 heavy (non-hydrogen) atoms. The van der Waals surface area contributed by atoms with Gasteiger partial charge in [0.15, 0.2) is 0 Å². The van der Waals surface area contributed by atoms with Crippen LogP contribution >= 0.6 is 0 Å². The van der Waals surface area contributed by atoms with E-state index in [1.165, 1.54) is 0 Å². The summed E-state index contributed by atoms with van der Waals surface area (Å²) in [6.45, 7) is 8.58. The fourth-order valence-electron chi connectivity index (χ4n) is 3.21. The molecule has 0 spiro atoms. The molecule has 5 nitrogen and oxygen atoms in total. The molecule has 1 aliphatic heterocycles. The van der Waals surface area contributed by atoms with Crippen LogP contribution in [0, 0.1) is 6.92 Å². The van der Waals surface area contributed by atoms with Gasteiger partial charge >= 0.3 is 0 Å². The van der Waals surface area contributed by atoms with Gasteiger partial charge in [0.25, 0.3) is 0 Å². The average Bonchev–Trinajstić information content (AvgIpc) is 2.96. The summed E-state index contributed by atoms with van der Waals surface area (Å²) in [5.41, 5.74) is 1.98. The van der Waals surface area contributed by atoms with E-state index in [1.807, 2.05) is 43.3 Å². The molecule has 1 aliphatic rings. The molecule has 5 heteroatoms. The molecule has 0 radical (unpaired) electrons. The number of piperazine rings is 1. The largest absolute Gasteiger partial charge is 0.387 e. The molecule has 0 unspecified atom stereocenters. The lowest BCUT2D eigenvalue weighted by atomic mass is 10.1. The van der Waals surface area contributed by atoms with E-state index in [2.05, 4.69) is 21.9 Å². The molecule has 1 N–H and O–H groups in total. The topological polar surface area (TPSA) is 52.7 Å². The molecule has 124 valence electrons. The molecule has 0 amide bonds. The van der Waals surface area contributed by atoms with Crippen molar-refractivity contribution in [3.05, 3.63) is 53.4 Å². The zero-order valence-corrected chi connectivity index (χ0v) is 13.9. The predicted molar refractivity (Wildman–Crippen MR) is 89.0 cm³/mol. The molecule has 0 aliphatic carbocycles. The van der Waals surface area contributed by atoms with Gasteiger partial charge in [-0.2, -0.15) is 0 Å². The van der Waals surface area contributed by atoms with Crippen LogP contribution in [0.4, 0.5) is 0 Å². The van der Waals surface area contributed by atoms with Crippen LogP contribution in [-0.4, -0.2) is 52.3 Å². The Bertz CT molecular complexity index is 614. The van der Waals surface area contributed by atoms with Gasteiger partial charge in [0, 0.05) is 44.8 Å². The van der Waals surface area contributed by atoms with E-state index in [4.69, 9.17) is 4.52 Å². The van der Waals surface area contributed by atoms with Crippen LogP contribution in [-0.2, 0) is 6.54 Å². The second-order valence-corrected chi connectivity index (χ2v) is 6.43. The highest BCUT2D eigenvalue weighted by molar-refractivity contribution is 5.17. The van der Waals surface area contributed by atoms with Gasteiger partial charge in [-0.15, -0.1) is 0 Å². The number of hydrogen-bond donors (Lipinski definition) is 1. The van der Waals surface area contributed by atoms with Gasteiger partial charge in [0.2, 0.25) is 0 Å². The monoisotopic (exact) mass is 315 g/mol. The number of aliphatic hydroxyl groups excluding tert-OH is 1. The summed E-state index contributed by atoms with van der Waals surface area (Å²) >= 11 is 0. The van der Waals surface area contributed by atoms with E-state index >= 15 is 0 Å². The van der Waals surface area contributed by atoms with Crippen molar-refractivity contribution in [1.82, 2.24) is 15.0 Å². The van der Waals surface area contributed by atoms with Gasteiger partial charge in [-0.25, -0.2) is 0 Å². The normalized spacial score (nSPS) is 21.4. The first-order chi connectivity index (χ1) is 11.1. The van der Waals surface area contributed by atoms with Crippen molar-refractivity contribution in [3.63, 3.8) is 0 Å². The molecule has 1 fully saturated rings. The maximum Gasteiger partial charge on any atom is 0.133 e. The van der Waals surface area contributed by atoms with Crippen molar-refractivity contribution in [2.24, 2.45) is 0 Å². The highest BCUT2D eigenvalue weighted by atomic mass is 16.5. The van der Waals surface area contributed by atoms with Crippen LogP contribution in [0.3, 0.4) is 0 Å². The van der Waals surface area contributed by atoms with Crippen molar-refractivity contribution in [2.45, 2.75) is 32.5 Å². The summed E-state index contributed by atoms with van der Waals surface area (Å²) < 4.78 is 5.14. The molecule has 2 heterocycles. The van der Waals surface area contributed by atoms with E-state index in [0.717, 1.165) is 43.2 Å². The van der Waals surface area contributed by atoms with Crippen LogP contribution < -0.4 is 0 Å². The Balaban J connectivity index is 1.52. The fourth-order valence-corrected chi connectivity index (χ4v) is 3.21. The van der Waals surface area contributed by atoms with Crippen molar-refractivity contribution in [2.75, 3.05) is 26.2 Å². The Hall–Kier alpha value is -1.69. The zero-order chi connectivity index (χ0) is 16.2. The first-order valence-corrected chi connectivity index (χ1v) is 8.23. The minimum absolute atomic E-state index is 0.412. The van der Waals surface area contributed by atoms with Gasteiger partial charge < -0.3 is 9.63 Å². The SMILES string of the molecule is Cc1cc(CN2CCN(C[C@@H](O)c3ccccc3)[C@@H](C)C2)no1. The molecule has 1 saturated heterocycles. The van der Waals surface area contributed by atoms with E-state index in [-0.39, 0.29) is 0 Å². The lowest BCUT2D eigenvalue weighted by Crippen LogP contribution is -2.52. The maximum absolute atomic E-state index is 10.4. The van der Waals surface area contributed by atoms with Gasteiger partial charge in [-0.1, -0.05) is 35.5 Å². The molecule has 1 aromatic carbocycles. The highest BCUT2D eigenvalue weighted by Gasteiger charge is 2.26. The first-order valence-electron chi connectivity index (χ1n) is 8.23. The van der Waals surface area contributed by atoms with Crippen LogP contribution in [0.2, 0.25) is 0 Å². The van der Waals surface area contributed by atoms with E-state index in [0.29, 0.717) is 12.6 Å². The lowest BCUT2D eigenvalue weighted by molar-refractivity contribution is 0.0355. The number of aromatic nitrogens is 1. The number of benzene rings is 1. The number of aliphatic hydroxyl groups is 1.